The molecule has 128 valence electrons. The van der Waals surface area contributed by atoms with Crippen LogP contribution in [0.3, 0.4) is 0 Å². The first-order valence-electron chi connectivity index (χ1n) is 5.99. The second-order valence-electron chi connectivity index (χ2n) is 4.24. The average Bonchev–Trinajstić information content (AvgIpc) is 2.73. The number of rotatable bonds is 3. The zero-order valence-electron chi connectivity index (χ0n) is 11.7. The molecule has 1 fully saturated rings. The van der Waals surface area contributed by atoms with E-state index in [4.69, 9.17) is 20.3 Å². The van der Waals surface area contributed by atoms with E-state index in [1.165, 1.54) is 24.3 Å². The molecule has 3 N–H and O–H groups in total. The summed E-state index contributed by atoms with van der Waals surface area (Å²) in [6.45, 7) is 0. The third-order valence-corrected chi connectivity index (χ3v) is 3.43. The van der Waals surface area contributed by atoms with E-state index in [1.54, 1.807) is 0 Å². The maximum Gasteiger partial charge on any atom is 0.369 e. The Morgan fingerprint density at radius 1 is 1.29 bits per heavy atom. The van der Waals surface area contributed by atoms with Gasteiger partial charge in [0.15, 0.2) is 0 Å². The average molecular weight is 358 g/mol. The summed E-state index contributed by atoms with van der Waals surface area (Å²) in [5.41, 5.74) is 8.62. The minimum Gasteiger partial charge on any atom is -0.478 e. The number of imide groups is 1. The predicted octanol–water partition coefficient (Wildman–Crippen LogP) is 0.236. The van der Waals surface area contributed by atoms with Gasteiger partial charge in [-0.05, 0) is 17.7 Å². The first-order chi connectivity index (χ1) is 11.1. The molecule has 0 bridgehead atoms. The van der Waals surface area contributed by atoms with E-state index in [0.717, 1.165) is 0 Å². The van der Waals surface area contributed by atoms with Crippen molar-refractivity contribution < 1.29 is 37.6 Å². The highest BCUT2D eigenvalue weighted by molar-refractivity contribution is 7.84. The van der Waals surface area contributed by atoms with Crippen molar-refractivity contribution in [1.82, 2.24) is 4.31 Å². The number of nitrogens with zero attached hydrogens (tertiary/aromatic N) is 4. The summed E-state index contributed by atoms with van der Waals surface area (Å²) in [5.74, 6) is -3.44. The molecular formula is C11H10N4O8S. The van der Waals surface area contributed by atoms with Crippen molar-refractivity contribution in [2.45, 2.75) is 12.5 Å². The molecule has 1 aliphatic heterocycles. The second kappa shape index (κ2) is 7.52. The maximum absolute atomic E-state index is 10.7. The fourth-order valence-electron chi connectivity index (χ4n) is 1.56. The summed E-state index contributed by atoms with van der Waals surface area (Å²) in [4.78, 5) is 34.3. The smallest absolute Gasteiger partial charge is 0.369 e. The SMILES string of the molecule is O=C1CC(O)C(=O)N1S(=O)(=O)O.[N-]=[N+]=Nc1ccc(C(=O)O)cc1. The number of carbonyl (C=O) groups excluding carboxylic acids is 2. The molecule has 1 aromatic carbocycles. The molecule has 1 heterocycles. The lowest BCUT2D eigenvalue weighted by Crippen LogP contribution is -2.37. The molecule has 2 amide bonds. The summed E-state index contributed by atoms with van der Waals surface area (Å²) < 4.78 is 28.6. The van der Waals surface area contributed by atoms with Gasteiger partial charge in [-0.3, -0.25) is 14.1 Å². The van der Waals surface area contributed by atoms with E-state index in [-0.39, 0.29) is 9.87 Å². The van der Waals surface area contributed by atoms with Crippen LogP contribution in [-0.2, 0) is 19.9 Å². The Morgan fingerprint density at radius 3 is 2.12 bits per heavy atom. The summed E-state index contributed by atoms with van der Waals surface area (Å²) in [6, 6.07) is 5.66. The number of carboxylic acid groups (broad SMARTS) is 1. The van der Waals surface area contributed by atoms with Gasteiger partial charge in [0.1, 0.15) is 6.10 Å². The normalized spacial score (nSPS) is 16.9. The van der Waals surface area contributed by atoms with Gasteiger partial charge in [-0.25, -0.2) is 4.79 Å². The summed E-state index contributed by atoms with van der Waals surface area (Å²) in [5, 5.41) is 20.5. The van der Waals surface area contributed by atoms with E-state index in [9.17, 15) is 22.8 Å². The lowest BCUT2D eigenvalue weighted by molar-refractivity contribution is -0.135. The van der Waals surface area contributed by atoms with Crippen LogP contribution in [0.15, 0.2) is 29.4 Å². The lowest BCUT2D eigenvalue weighted by Gasteiger charge is -2.07. The number of azide groups is 1. The van der Waals surface area contributed by atoms with Crippen molar-refractivity contribution in [1.29, 1.82) is 0 Å². The van der Waals surface area contributed by atoms with Gasteiger partial charge in [0, 0.05) is 10.6 Å². The van der Waals surface area contributed by atoms with Crippen LogP contribution in [0, 0.1) is 0 Å². The van der Waals surface area contributed by atoms with Crippen molar-refractivity contribution >= 4 is 33.8 Å². The minimum atomic E-state index is -4.86. The Hall–Kier alpha value is -2.99. The Morgan fingerprint density at radius 2 is 1.83 bits per heavy atom. The maximum atomic E-state index is 10.7. The van der Waals surface area contributed by atoms with Crippen molar-refractivity contribution in [3.05, 3.63) is 40.3 Å². The highest BCUT2D eigenvalue weighted by Crippen LogP contribution is 2.15. The first-order valence-corrected chi connectivity index (χ1v) is 7.38. The van der Waals surface area contributed by atoms with Gasteiger partial charge in [0.05, 0.1) is 12.0 Å². The van der Waals surface area contributed by atoms with E-state index < -0.39 is 40.6 Å². The number of hydrogen-bond acceptors (Lipinski definition) is 7. The number of hydrogen-bond donors (Lipinski definition) is 3. The monoisotopic (exact) mass is 358 g/mol. The number of carbonyl (C=O) groups is 3. The van der Waals surface area contributed by atoms with Crippen LogP contribution < -0.4 is 0 Å². The number of amides is 2. The number of aliphatic hydroxyl groups is 1. The number of carboxylic acids is 1. The van der Waals surface area contributed by atoms with Crippen LogP contribution in [0.2, 0.25) is 0 Å². The van der Waals surface area contributed by atoms with Crippen LogP contribution in [0.25, 0.3) is 10.4 Å². The molecule has 0 saturated carbocycles. The van der Waals surface area contributed by atoms with Gasteiger partial charge >= 0.3 is 16.3 Å². The molecule has 1 saturated heterocycles. The Labute approximate surface area is 134 Å². The largest absolute Gasteiger partial charge is 0.478 e. The molecule has 0 radical (unpaired) electrons. The molecule has 2 rings (SSSR count). The van der Waals surface area contributed by atoms with E-state index in [0.29, 0.717) is 5.69 Å². The van der Waals surface area contributed by atoms with Crippen LogP contribution in [0.4, 0.5) is 5.69 Å². The first kappa shape index (κ1) is 19.1. The highest BCUT2D eigenvalue weighted by Gasteiger charge is 2.44. The Kier molecular flexibility index (Phi) is 5.97. The Balaban J connectivity index is 0.000000240. The van der Waals surface area contributed by atoms with Crippen molar-refractivity contribution in [3.63, 3.8) is 0 Å². The Bertz CT molecular complexity index is 792. The number of benzene rings is 1. The predicted molar refractivity (Wildman–Crippen MR) is 76.2 cm³/mol. The van der Waals surface area contributed by atoms with Crippen molar-refractivity contribution in [2.24, 2.45) is 5.11 Å². The summed E-state index contributed by atoms with van der Waals surface area (Å²) in [6.07, 6.45) is -2.28. The van der Waals surface area contributed by atoms with E-state index >= 15 is 0 Å². The molecule has 1 atom stereocenters. The van der Waals surface area contributed by atoms with Gasteiger partial charge < -0.3 is 10.2 Å². The standard InChI is InChI=1S/C7H5N3O2.C4H5NO6S/c8-10-9-6-3-1-5(2-4-6)7(11)12;6-2-1-3(7)5(4(2)8)12(9,10)11/h1-4H,(H,11,12);2,6H,1H2,(H,9,10,11). The molecule has 1 aromatic rings. The molecule has 1 unspecified atom stereocenters. The highest BCUT2D eigenvalue weighted by atomic mass is 32.2. The van der Waals surface area contributed by atoms with Crippen molar-refractivity contribution in [2.75, 3.05) is 0 Å². The van der Waals surface area contributed by atoms with Gasteiger partial charge in [-0.1, -0.05) is 17.2 Å². The molecule has 13 heteroatoms. The second-order valence-corrected chi connectivity index (χ2v) is 5.50. The third-order valence-electron chi connectivity index (χ3n) is 2.58. The fourth-order valence-corrected chi connectivity index (χ4v) is 2.24. The lowest BCUT2D eigenvalue weighted by atomic mass is 10.2. The van der Waals surface area contributed by atoms with Crippen LogP contribution in [0.1, 0.15) is 16.8 Å². The number of aromatic carboxylic acids is 1. The van der Waals surface area contributed by atoms with E-state index in [1.807, 2.05) is 0 Å². The molecule has 1 aliphatic rings. The van der Waals surface area contributed by atoms with Gasteiger partial charge in [-0.2, -0.15) is 8.42 Å². The van der Waals surface area contributed by atoms with E-state index in [2.05, 4.69) is 10.0 Å². The molecule has 12 nitrogen and oxygen atoms in total. The molecule has 0 spiro atoms. The minimum absolute atomic E-state index is 0.173. The van der Waals surface area contributed by atoms with Gasteiger partial charge in [0.2, 0.25) is 5.91 Å². The summed E-state index contributed by atoms with van der Waals surface area (Å²) in [7, 11) is -4.86. The summed E-state index contributed by atoms with van der Waals surface area (Å²) >= 11 is 0. The molecule has 0 aliphatic carbocycles. The topological polar surface area (TPSA) is 198 Å². The molecule has 24 heavy (non-hydrogen) atoms. The van der Waals surface area contributed by atoms with Crippen LogP contribution >= 0.6 is 0 Å². The fraction of sp³-hybridized carbons (Fsp3) is 0.182. The molecular weight excluding hydrogens is 348 g/mol. The molecule has 0 aromatic heterocycles. The zero-order valence-corrected chi connectivity index (χ0v) is 12.5. The quantitative estimate of drug-likeness (QED) is 0.224. The van der Waals surface area contributed by atoms with Gasteiger partial charge in [-0.15, -0.1) is 4.31 Å². The third kappa shape index (κ3) is 4.76. The van der Waals surface area contributed by atoms with Crippen molar-refractivity contribution in [3.8, 4) is 0 Å². The van der Waals surface area contributed by atoms with Crippen LogP contribution in [0.5, 0.6) is 0 Å². The van der Waals surface area contributed by atoms with Gasteiger partial charge in [0.25, 0.3) is 5.91 Å². The zero-order chi connectivity index (χ0) is 18.5. The number of aliphatic hydroxyl groups excluding tert-OH is 1. The van der Waals surface area contributed by atoms with Crippen LogP contribution in [-0.4, -0.2) is 51.4 Å².